The van der Waals surface area contributed by atoms with E-state index in [0.717, 1.165) is 29.9 Å². The Balaban J connectivity index is 2.21. The number of hydrogen-bond donors (Lipinski definition) is 0. The number of hydrazine groups is 1. The highest BCUT2D eigenvalue weighted by atomic mass is 16.5. The van der Waals surface area contributed by atoms with Gasteiger partial charge in [0.2, 0.25) is 0 Å². The first-order valence-electron chi connectivity index (χ1n) is 8.32. The number of hydrogen-bond acceptors (Lipinski definition) is 5. The van der Waals surface area contributed by atoms with Crippen molar-refractivity contribution in [3.63, 3.8) is 0 Å². The molecule has 7 heteroatoms. The van der Waals surface area contributed by atoms with E-state index in [9.17, 15) is 9.59 Å². The van der Waals surface area contributed by atoms with Gasteiger partial charge in [-0.1, -0.05) is 5.57 Å². The molecule has 2 heterocycles. The van der Waals surface area contributed by atoms with Gasteiger partial charge in [0.15, 0.2) is 0 Å². The van der Waals surface area contributed by atoms with Gasteiger partial charge in [-0.2, -0.15) is 5.10 Å². The highest BCUT2D eigenvalue weighted by Crippen LogP contribution is 2.27. The average Bonchev–Trinajstić information content (AvgIpc) is 2.92. The third-order valence-corrected chi connectivity index (χ3v) is 4.29. The second kappa shape index (κ2) is 7.51. The van der Waals surface area contributed by atoms with Crippen LogP contribution in [0.4, 0.5) is 5.69 Å². The lowest BCUT2D eigenvalue weighted by Crippen LogP contribution is -2.48. The number of anilines is 1. The second-order valence-electron chi connectivity index (χ2n) is 5.90. The van der Waals surface area contributed by atoms with E-state index in [-0.39, 0.29) is 18.3 Å². The Hall–Kier alpha value is -2.31. The van der Waals surface area contributed by atoms with Crippen LogP contribution in [0.25, 0.3) is 0 Å². The van der Waals surface area contributed by atoms with Crippen LogP contribution < -0.4 is 5.01 Å². The fraction of sp³-hybridized carbons (Fsp3) is 0.588. The van der Waals surface area contributed by atoms with E-state index < -0.39 is 0 Å². The average molecular weight is 334 g/mol. The molecule has 0 radical (unpaired) electrons. The fourth-order valence-corrected chi connectivity index (χ4v) is 2.85. The first kappa shape index (κ1) is 18.0. The lowest BCUT2D eigenvalue weighted by atomic mass is 9.99. The third kappa shape index (κ3) is 3.60. The number of ether oxygens (including phenoxy) is 1. The van der Waals surface area contributed by atoms with E-state index in [0.29, 0.717) is 18.7 Å². The zero-order chi connectivity index (χ0) is 17.9. The minimum atomic E-state index is -0.361. The van der Waals surface area contributed by atoms with Crippen molar-refractivity contribution in [2.75, 3.05) is 25.2 Å². The Bertz CT molecular complexity index is 663. The van der Waals surface area contributed by atoms with Gasteiger partial charge >= 0.3 is 5.97 Å². The molecule has 1 amide bonds. The zero-order valence-electron chi connectivity index (χ0n) is 15.1. The largest absolute Gasteiger partial charge is 0.466 e. The molecule has 1 aromatic heterocycles. The van der Waals surface area contributed by atoms with Crippen molar-refractivity contribution in [3.05, 3.63) is 23.0 Å². The monoisotopic (exact) mass is 334 g/mol. The molecule has 0 aliphatic carbocycles. The summed E-state index contributed by atoms with van der Waals surface area (Å²) in [4.78, 5) is 24.7. The molecule has 1 aliphatic rings. The van der Waals surface area contributed by atoms with Gasteiger partial charge in [-0.25, -0.2) is 5.01 Å². The Kier molecular flexibility index (Phi) is 5.64. The van der Waals surface area contributed by atoms with Crippen molar-refractivity contribution in [1.82, 2.24) is 14.8 Å². The number of carbonyl (C=O) groups excluding carboxylic acids is 2. The molecule has 1 aromatic rings. The Labute approximate surface area is 142 Å². The summed E-state index contributed by atoms with van der Waals surface area (Å²) in [5.74, 6) is -0.502. The first-order valence-corrected chi connectivity index (χ1v) is 8.32. The van der Waals surface area contributed by atoms with Crippen LogP contribution in [0.15, 0.2) is 17.3 Å². The maximum absolute atomic E-state index is 12.9. The third-order valence-electron chi connectivity index (χ3n) is 4.29. The smallest absolute Gasteiger partial charge is 0.310 e. The molecular formula is C17H26N4O3. The van der Waals surface area contributed by atoms with Crippen molar-refractivity contribution in [2.45, 2.75) is 47.1 Å². The molecule has 0 unspecified atom stereocenters. The van der Waals surface area contributed by atoms with Crippen LogP contribution in [0, 0.1) is 6.92 Å². The summed E-state index contributed by atoms with van der Waals surface area (Å²) < 4.78 is 6.83. The molecule has 132 valence electrons. The van der Waals surface area contributed by atoms with Gasteiger partial charge in [0.25, 0.3) is 5.91 Å². The summed E-state index contributed by atoms with van der Waals surface area (Å²) in [7, 11) is 1.85. The van der Waals surface area contributed by atoms with Gasteiger partial charge in [0.1, 0.15) is 0 Å². The number of amides is 1. The normalized spacial score (nSPS) is 15.0. The van der Waals surface area contributed by atoms with Gasteiger partial charge in [-0.05, 0) is 34.1 Å². The molecule has 24 heavy (non-hydrogen) atoms. The molecule has 7 nitrogen and oxygen atoms in total. The highest BCUT2D eigenvalue weighted by Gasteiger charge is 2.30. The Morgan fingerprint density at radius 1 is 1.38 bits per heavy atom. The van der Waals surface area contributed by atoms with E-state index in [1.807, 2.05) is 43.7 Å². The predicted molar refractivity (Wildman–Crippen MR) is 91.3 cm³/mol. The van der Waals surface area contributed by atoms with Crippen molar-refractivity contribution < 1.29 is 14.3 Å². The van der Waals surface area contributed by atoms with E-state index in [2.05, 4.69) is 5.10 Å². The number of esters is 1. The maximum Gasteiger partial charge on any atom is 0.310 e. The molecule has 0 N–H and O–H groups in total. The minimum Gasteiger partial charge on any atom is -0.466 e. The number of carbonyl (C=O) groups is 2. The van der Waals surface area contributed by atoms with E-state index >= 15 is 0 Å². The molecule has 0 fully saturated rings. The molecular weight excluding hydrogens is 308 g/mol. The van der Waals surface area contributed by atoms with E-state index in [1.165, 1.54) is 0 Å². The van der Waals surface area contributed by atoms with E-state index in [4.69, 9.17) is 4.74 Å². The van der Waals surface area contributed by atoms with Gasteiger partial charge in [0.05, 0.1) is 30.6 Å². The quantitative estimate of drug-likeness (QED) is 0.745. The van der Waals surface area contributed by atoms with Crippen LogP contribution in [0.1, 0.15) is 39.3 Å². The molecule has 2 rings (SSSR count). The van der Waals surface area contributed by atoms with Crippen LogP contribution in [-0.4, -0.2) is 46.9 Å². The Morgan fingerprint density at radius 2 is 2.08 bits per heavy atom. The topological polar surface area (TPSA) is 67.7 Å². The summed E-state index contributed by atoms with van der Waals surface area (Å²) in [6.07, 6.45) is 2.70. The summed E-state index contributed by atoms with van der Waals surface area (Å²) in [6.45, 7) is 9.29. The maximum atomic E-state index is 12.9. The number of aromatic nitrogens is 2. The summed E-state index contributed by atoms with van der Waals surface area (Å²) in [5.41, 5.74) is 3.25. The van der Waals surface area contributed by atoms with Gasteiger partial charge < -0.3 is 4.74 Å². The van der Waals surface area contributed by atoms with Crippen LogP contribution in [0.3, 0.4) is 0 Å². The van der Waals surface area contributed by atoms with Gasteiger partial charge in [-0.15, -0.1) is 0 Å². The summed E-state index contributed by atoms with van der Waals surface area (Å²) >= 11 is 0. The van der Waals surface area contributed by atoms with Crippen molar-refractivity contribution >= 4 is 17.6 Å². The summed E-state index contributed by atoms with van der Waals surface area (Å²) in [5, 5.41) is 7.93. The second-order valence-corrected chi connectivity index (χ2v) is 5.90. The highest BCUT2D eigenvalue weighted by molar-refractivity contribution is 5.99. The SMILES string of the molecule is CCOC(=O)CC1=C(C)CCN(N(C)c2cn(CC)nc2C)C1=O. The predicted octanol–water partition coefficient (Wildman–Crippen LogP) is 2.06. The van der Waals surface area contributed by atoms with Gasteiger partial charge in [0, 0.05) is 25.7 Å². The zero-order valence-corrected chi connectivity index (χ0v) is 15.1. The number of aryl methyl sites for hydroxylation is 2. The standard InChI is InChI=1S/C17H26N4O3/c1-6-20-11-15(13(4)18-20)19(5)21-9-8-12(3)14(17(21)23)10-16(22)24-7-2/h11H,6-10H2,1-5H3. The molecule has 0 bridgehead atoms. The molecule has 0 spiro atoms. The van der Waals surface area contributed by atoms with Crippen molar-refractivity contribution in [2.24, 2.45) is 0 Å². The lowest BCUT2D eigenvalue weighted by Gasteiger charge is -2.37. The van der Waals surface area contributed by atoms with Crippen LogP contribution in [0.2, 0.25) is 0 Å². The lowest BCUT2D eigenvalue weighted by molar-refractivity contribution is -0.143. The van der Waals surface area contributed by atoms with E-state index in [1.54, 1.807) is 11.9 Å². The molecule has 0 saturated carbocycles. The van der Waals surface area contributed by atoms with Crippen LogP contribution >= 0.6 is 0 Å². The molecule has 0 saturated heterocycles. The van der Waals surface area contributed by atoms with Crippen LogP contribution in [-0.2, 0) is 20.9 Å². The van der Waals surface area contributed by atoms with Crippen molar-refractivity contribution in [1.29, 1.82) is 0 Å². The molecule has 0 atom stereocenters. The number of rotatable bonds is 6. The first-order chi connectivity index (χ1) is 11.4. The van der Waals surface area contributed by atoms with Crippen LogP contribution in [0.5, 0.6) is 0 Å². The van der Waals surface area contributed by atoms with Crippen molar-refractivity contribution in [3.8, 4) is 0 Å². The fourth-order valence-electron chi connectivity index (χ4n) is 2.85. The van der Waals surface area contributed by atoms with Gasteiger partial charge in [-0.3, -0.25) is 19.3 Å². The number of nitrogens with zero attached hydrogens (tertiary/aromatic N) is 4. The Morgan fingerprint density at radius 3 is 2.67 bits per heavy atom. The molecule has 0 aromatic carbocycles. The molecule has 1 aliphatic heterocycles. The minimum absolute atomic E-state index is 0.0239. The summed E-state index contributed by atoms with van der Waals surface area (Å²) in [6, 6.07) is 0.